The van der Waals surface area contributed by atoms with Gasteiger partial charge in [0.25, 0.3) is 0 Å². The molecule has 0 saturated carbocycles. The number of carboxylic acid groups (broad SMARTS) is 1. The van der Waals surface area contributed by atoms with Crippen molar-refractivity contribution in [3.63, 3.8) is 0 Å². The molecular formula is C14H19FN2O3. The predicted molar refractivity (Wildman–Crippen MR) is 74.4 cm³/mol. The Labute approximate surface area is 117 Å². The lowest BCUT2D eigenvalue weighted by Gasteiger charge is -2.21. The average Bonchev–Trinajstić information content (AvgIpc) is 2.37. The van der Waals surface area contributed by atoms with Crippen molar-refractivity contribution < 1.29 is 19.1 Å². The van der Waals surface area contributed by atoms with E-state index in [4.69, 9.17) is 5.11 Å². The van der Waals surface area contributed by atoms with Gasteiger partial charge in [0.2, 0.25) is 0 Å². The monoisotopic (exact) mass is 282 g/mol. The van der Waals surface area contributed by atoms with Gasteiger partial charge in [-0.1, -0.05) is 26.8 Å². The van der Waals surface area contributed by atoms with Gasteiger partial charge in [-0.2, -0.15) is 0 Å². The lowest BCUT2D eigenvalue weighted by atomic mass is 10.0. The zero-order valence-corrected chi connectivity index (χ0v) is 11.7. The Bertz CT molecular complexity index is 503. The molecule has 0 aliphatic rings. The van der Waals surface area contributed by atoms with Gasteiger partial charge in [0, 0.05) is 6.04 Å². The molecule has 0 radical (unpaired) electrons. The standard InChI is InChI=1S/C14H19FN2O3/c1-4-11(8(2)3)16-14(20)17-12-9(13(18)19)6-5-7-10(12)15/h5-8,11H,4H2,1-3H3,(H,18,19)(H2,16,17,20). The number of nitrogens with one attached hydrogen (secondary N) is 2. The normalized spacial score (nSPS) is 12.1. The first kappa shape index (κ1) is 15.9. The second kappa shape index (κ2) is 6.88. The van der Waals surface area contributed by atoms with E-state index in [2.05, 4.69) is 10.6 Å². The third kappa shape index (κ3) is 3.94. The number of carbonyl (C=O) groups is 2. The van der Waals surface area contributed by atoms with Crippen LogP contribution < -0.4 is 10.6 Å². The quantitative estimate of drug-likeness (QED) is 0.776. The van der Waals surface area contributed by atoms with Crippen molar-refractivity contribution in [2.75, 3.05) is 5.32 Å². The summed E-state index contributed by atoms with van der Waals surface area (Å²) in [4.78, 5) is 22.8. The molecule has 0 saturated heterocycles. The molecule has 110 valence electrons. The van der Waals surface area contributed by atoms with Crippen LogP contribution in [0.25, 0.3) is 0 Å². The minimum absolute atomic E-state index is 0.0601. The molecular weight excluding hydrogens is 263 g/mol. The number of amides is 2. The summed E-state index contributed by atoms with van der Waals surface area (Å²) in [5, 5.41) is 14.0. The van der Waals surface area contributed by atoms with Crippen LogP contribution in [0.4, 0.5) is 14.9 Å². The third-order valence-electron chi connectivity index (χ3n) is 3.04. The zero-order chi connectivity index (χ0) is 15.3. The van der Waals surface area contributed by atoms with Crippen molar-refractivity contribution in [2.45, 2.75) is 33.2 Å². The molecule has 0 aliphatic heterocycles. The highest BCUT2D eigenvalue weighted by molar-refractivity contribution is 6.00. The van der Waals surface area contributed by atoms with Crippen LogP contribution in [0.5, 0.6) is 0 Å². The maximum Gasteiger partial charge on any atom is 0.337 e. The van der Waals surface area contributed by atoms with Crippen molar-refractivity contribution >= 4 is 17.7 Å². The van der Waals surface area contributed by atoms with Gasteiger partial charge in [-0.25, -0.2) is 14.0 Å². The summed E-state index contributed by atoms with van der Waals surface area (Å²) in [7, 11) is 0. The molecule has 0 spiro atoms. The molecule has 5 nitrogen and oxygen atoms in total. The van der Waals surface area contributed by atoms with E-state index < -0.39 is 17.8 Å². The number of hydrogen-bond donors (Lipinski definition) is 3. The molecule has 1 atom stereocenters. The van der Waals surface area contributed by atoms with Crippen LogP contribution in [0.1, 0.15) is 37.6 Å². The van der Waals surface area contributed by atoms with Crippen LogP contribution in [0, 0.1) is 11.7 Å². The van der Waals surface area contributed by atoms with Crippen molar-refractivity contribution in [1.29, 1.82) is 0 Å². The summed E-state index contributed by atoms with van der Waals surface area (Å²) >= 11 is 0. The average molecular weight is 282 g/mol. The van der Waals surface area contributed by atoms with Crippen molar-refractivity contribution in [1.82, 2.24) is 5.32 Å². The largest absolute Gasteiger partial charge is 0.478 e. The van der Waals surface area contributed by atoms with Gasteiger partial charge in [-0.3, -0.25) is 0 Å². The SMILES string of the molecule is CCC(NC(=O)Nc1c(F)cccc1C(=O)O)C(C)C. The number of benzene rings is 1. The molecule has 1 rings (SSSR count). The zero-order valence-electron chi connectivity index (χ0n) is 11.7. The summed E-state index contributed by atoms with van der Waals surface area (Å²) in [5.74, 6) is -1.85. The van der Waals surface area contributed by atoms with Crippen molar-refractivity contribution in [3.05, 3.63) is 29.6 Å². The first-order chi connectivity index (χ1) is 9.36. The Morgan fingerprint density at radius 3 is 2.50 bits per heavy atom. The van der Waals surface area contributed by atoms with Crippen LogP contribution in [-0.4, -0.2) is 23.1 Å². The summed E-state index contributed by atoms with van der Waals surface area (Å²) in [5.41, 5.74) is -0.603. The Hall–Kier alpha value is -2.11. The van der Waals surface area contributed by atoms with Crippen LogP contribution >= 0.6 is 0 Å². The van der Waals surface area contributed by atoms with Gasteiger partial charge >= 0.3 is 12.0 Å². The Morgan fingerprint density at radius 2 is 2.00 bits per heavy atom. The minimum atomic E-state index is -1.30. The van der Waals surface area contributed by atoms with Crippen LogP contribution in [0.15, 0.2) is 18.2 Å². The number of carboxylic acids is 1. The number of halogens is 1. The van der Waals surface area contributed by atoms with E-state index in [0.29, 0.717) is 0 Å². The second-order valence-corrected chi connectivity index (χ2v) is 4.82. The summed E-state index contributed by atoms with van der Waals surface area (Å²) in [6.45, 7) is 5.84. The molecule has 1 aromatic rings. The molecule has 1 aromatic carbocycles. The predicted octanol–water partition coefficient (Wildman–Crippen LogP) is 3.08. The number of rotatable bonds is 5. The minimum Gasteiger partial charge on any atom is -0.478 e. The highest BCUT2D eigenvalue weighted by Gasteiger charge is 2.19. The van der Waals surface area contributed by atoms with E-state index in [9.17, 15) is 14.0 Å². The van der Waals surface area contributed by atoms with E-state index in [1.165, 1.54) is 12.1 Å². The molecule has 0 bridgehead atoms. The Kier molecular flexibility index (Phi) is 5.49. The molecule has 6 heteroatoms. The summed E-state index contributed by atoms with van der Waals surface area (Å²) in [6, 6.07) is 2.95. The van der Waals surface area contributed by atoms with E-state index >= 15 is 0 Å². The second-order valence-electron chi connectivity index (χ2n) is 4.82. The number of urea groups is 1. The topological polar surface area (TPSA) is 78.4 Å². The maximum atomic E-state index is 13.6. The summed E-state index contributed by atoms with van der Waals surface area (Å²) in [6.07, 6.45) is 0.730. The maximum absolute atomic E-state index is 13.6. The van der Waals surface area contributed by atoms with Gasteiger partial charge in [-0.05, 0) is 24.5 Å². The Morgan fingerprint density at radius 1 is 1.35 bits per heavy atom. The Balaban J connectivity index is 2.88. The van der Waals surface area contributed by atoms with Gasteiger partial charge in [0.05, 0.1) is 11.3 Å². The number of anilines is 1. The van der Waals surface area contributed by atoms with Crippen molar-refractivity contribution in [3.8, 4) is 0 Å². The lowest BCUT2D eigenvalue weighted by Crippen LogP contribution is -2.41. The molecule has 1 unspecified atom stereocenters. The molecule has 2 amide bonds. The molecule has 0 aromatic heterocycles. The number of aromatic carboxylic acids is 1. The summed E-state index contributed by atoms with van der Waals surface area (Å²) < 4.78 is 13.6. The van der Waals surface area contributed by atoms with Crippen LogP contribution in [0.2, 0.25) is 0 Å². The number of para-hydroxylation sites is 1. The number of carbonyl (C=O) groups excluding carboxylic acids is 1. The molecule has 0 heterocycles. The highest BCUT2D eigenvalue weighted by Crippen LogP contribution is 2.20. The van der Waals surface area contributed by atoms with E-state index in [1.54, 1.807) is 0 Å². The molecule has 3 N–H and O–H groups in total. The smallest absolute Gasteiger partial charge is 0.337 e. The molecule has 20 heavy (non-hydrogen) atoms. The van der Waals surface area contributed by atoms with E-state index in [0.717, 1.165) is 12.5 Å². The first-order valence-electron chi connectivity index (χ1n) is 6.46. The van der Waals surface area contributed by atoms with E-state index in [-0.39, 0.29) is 23.2 Å². The fourth-order valence-corrected chi connectivity index (χ4v) is 1.89. The third-order valence-corrected chi connectivity index (χ3v) is 3.04. The first-order valence-corrected chi connectivity index (χ1v) is 6.46. The molecule has 0 aliphatic carbocycles. The van der Waals surface area contributed by atoms with Gasteiger partial charge in [0.15, 0.2) is 0 Å². The fourth-order valence-electron chi connectivity index (χ4n) is 1.89. The van der Waals surface area contributed by atoms with Gasteiger partial charge in [0.1, 0.15) is 5.82 Å². The highest BCUT2D eigenvalue weighted by atomic mass is 19.1. The van der Waals surface area contributed by atoms with Crippen LogP contribution in [-0.2, 0) is 0 Å². The van der Waals surface area contributed by atoms with Crippen LogP contribution in [0.3, 0.4) is 0 Å². The van der Waals surface area contributed by atoms with Crippen molar-refractivity contribution in [2.24, 2.45) is 5.92 Å². The van der Waals surface area contributed by atoms with Gasteiger partial charge < -0.3 is 15.7 Å². The lowest BCUT2D eigenvalue weighted by molar-refractivity contribution is 0.0697. The van der Waals surface area contributed by atoms with E-state index in [1.807, 2.05) is 20.8 Å². The molecule has 0 fully saturated rings. The van der Waals surface area contributed by atoms with Gasteiger partial charge in [-0.15, -0.1) is 0 Å². The number of hydrogen-bond acceptors (Lipinski definition) is 2. The fraction of sp³-hybridized carbons (Fsp3) is 0.429.